The maximum absolute atomic E-state index is 12.2. The molecule has 3 rings (SSSR count). The lowest BCUT2D eigenvalue weighted by atomic mass is 10.1. The Bertz CT molecular complexity index is 899. The zero-order chi connectivity index (χ0) is 16.4. The summed E-state index contributed by atoms with van der Waals surface area (Å²) < 4.78 is 5.54. The van der Waals surface area contributed by atoms with Crippen LogP contribution in [0.3, 0.4) is 0 Å². The molecule has 0 unspecified atom stereocenters. The highest BCUT2D eigenvalue weighted by Gasteiger charge is 2.18. The largest absolute Gasteiger partial charge is 0.451 e. The van der Waals surface area contributed by atoms with E-state index in [1.807, 2.05) is 18.2 Å². The molecule has 0 bridgehead atoms. The average Bonchev–Trinajstić information content (AvgIpc) is 2.90. The molecule has 116 valence electrons. The summed E-state index contributed by atoms with van der Waals surface area (Å²) in [6.07, 6.45) is 0. The van der Waals surface area contributed by atoms with Gasteiger partial charge in [0.25, 0.3) is 5.91 Å². The van der Waals surface area contributed by atoms with E-state index in [9.17, 15) is 9.59 Å². The van der Waals surface area contributed by atoms with E-state index in [-0.39, 0.29) is 11.5 Å². The van der Waals surface area contributed by atoms with Gasteiger partial charge in [0.1, 0.15) is 11.3 Å². The Morgan fingerprint density at radius 2 is 1.70 bits per heavy atom. The molecule has 0 aliphatic rings. The maximum Gasteiger partial charge on any atom is 0.305 e. The van der Waals surface area contributed by atoms with Gasteiger partial charge in [-0.05, 0) is 32.0 Å². The molecule has 0 saturated carbocycles. The number of hydrazine groups is 1. The van der Waals surface area contributed by atoms with Crippen LogP contribution in [0.4, 0.5) is 0 Å². The van der Waals surface area contributed by atoms with E-state index in [1.165, 1.54) is 0 Å². The van der Waals surface area contributed by atoms with E-state index < -0.39 is 11.8 Å². The number of carbonyl (C=O) groups excluding carboxylic acids is 2. The van der Waals surface area contributed by atoms with E-state index in [0.717, 1.165) is 16.6 Å². The molecular weight excluding hydrogens is 294 g/mol. The van der Waals surface area contributed by atoms with Crippen molar-refractivity contribution in [3.8, 4) is 0 Å². The number of nitrogens with zero attached hydrogens (tertiary/aromatic N) is 1. The van der Waals surface area contributed by atoms with Gasteiger partial charge in [-0.25, -0.2) is 4.98 Å². The van der Waals surface area contributed by atoms with Crippen LogP contribution in [0, 0.1) is 13.8 Å². The molecule has 2 N–H and O–H groups in total. The first-order valence-electron chi connectivity index (χ1n) is 7.09. The number of pyridine rings is 1. The molecule has 2 amide bonds. The van der Waals surface area contributed by atoms with Crippen molar-refractivity contribution in [1.29, 1.82) is 0 Å². The van der Waals surface area contributed by atoms with Crippen molar-refractivity contribution in [2.75, 3.05) is 0 Å². The van der Waals surface area contributed by atoms with E-state index in [2.05, 4.69) is 15.8 Å². The summed E-state index contributed by atoms with van der Waals surface area (Å²) in [6, 6.07) is 12.4. The van der Waals surface area contributed by atoms with Crippen LogP contribution in [-0.4, -0.2) is 16.8 Å². The van der Waals surface area contributed by atoms with Crippen LogP contribution in [0.2, 0.25) is 0 Å². The summed E-state index contributed by atoms with van der Waals surface area (Å²) in [5.41, 5.74) is 6.98. The van der Waals surface area contributed by atoms with Gasteiger partial charge >= 0.3 is 5.91 Å². The first-order valence-corrected chi connectivity index (χ1v) is 7.09. The van der Waals surface area contributed by atoms with Gasteiger partial charge in [0.05, 0.1) is 0 Å². The van der Waals surface area contributed by atoms with Gasteiger partial charge < -0.3 is 4.42 Å². The Balaban J connectivity index is 1.74. The minimum Gasteiger partial charge on any atom is -0.451 e. The summed E-state index contributed by atoms with van der Waals surface area (Å²) in [7, 11) is 0. The summed E-state index contributed by atoms with van der Waals surface area (Å²) in [5.74, 6) is -0.834. The molecular formula is C17H15N3O3. The predicted octanol–water partition coefficient (Wildman–Crippen LogP) is 2.52. The van der Waals surface area contributed by atoms with Gasteiger partial charge in [0.15, 0.2) is 5.76 Å². The molecule has 1 aromatic carbocycles. The molecule has 0 radical (unpaired) electrons. The molecule has 0 saturated heterocycles. The number of nitrogens with one attached hydrogen (secondary N) is 2. The molecule has 0 aliphatic heterocycles. The van der Waals surface area contributed by atoms with Crippen molar-refractivity contribution >= 4 is 22.8 Å². The second kappa shape index (κ2) is 5.92. The van der Waals surface area contributed by atoms with Crippen LogP contribution in [0.5, 0.6) is 0 Å². The third-order valence-corrected chi connectivity index (χ3v) is 3.46. The van der Waals surface area contributed by atoms with Crippen molar-refractivity contribution in [3.05, 3.63) is 65.2 Å². The van der Waals surface area contributed by atoms with E-state index in [1.54, 1.807) is 38.1 Å². The molecule has 0 aliphatic carbocycles. The quantitative estimate of drug-likeness (QED) is 0.712. The standard InChI is InChI=1S/C17H15N3O3/c1-10-6-5-8-13(18-10)16(21)19-20-17(22)15-11(2)12-7-3-4-9-14(12)23-15/h3-9H,1-2H3,(H,19,21)(H,20,22). The van der Waals surface area contributed by atoms with Crippen LogP contribution in [0.15, 0.2) is 46.9 Å². The third kappa shape index (κ3) is 2.91. The molecule has 23 heavy (non-hydrogen) atoms. The second-order valence-corrected chi connectivity index (χ2v) is 5.12. The average molecular weight is 309 g/mol. The number of rotatable bonds is 2. The first-order chi connectivity index (χ1) is 11.1. The summed E-state index contributed by atoms with van der Waals surface area (Å²) in [5, 5.41) is 0.865. The highest BCUT2D eigenvalue weighted by Crippen LogP contribution is 2.24. The Kier molecular flexibility index (Phi) is 3.80. The lowest BCUT2D eigenvalue weighted by Crippen LogP contribution is -2.42. The van der Waals surface area contributed by atoms with E-state index in [0.29, 0.717) is 5.58 Å². The van der Waals surface area contributed by atoms with Crippen LogP contribution in [0.25, 0.3) is 11.0 Å². The molecule has 0 atom stereocenters. The van der Waals surface area contributed by atoms with Crippen LogP contribution in [0.1, 0.15) is 32.3 Å². The topological polar surface area (TPSA) is 84.2 Å². The van der Waals surface area contributed by atoms with Crippen LogP contribution >= 0.6 is 0 Å². The summed E-state index contributed by atoms with van der Waals surface area (Å²) >= 11 is 0. The maximum atomic E-state index is 12.2. The second-order valence-electron chi connectivity index (χ2n) is 5.12. The molecule has 6 nitrogen and oxygen atoms in total. The van der Waals surface area contributed by atoms with Crippen LogP contribution < -0.4 is 10.9 Å². The molecule has 6 heteroatoms. The van der Waals surface area contributed by atoms with Crippen molar-refractivity contribution in [1.82, 2.24) is 15.8 Å². The van der Waals surface area contributed by atoms with Gasteiger partial charge in [0.2, 0.25) is 0 Å². The summed E-state index contributed by atoms with van der Waals surface area (Å²) in [6.45, 7) is 3.58. The minimum absolute atomic E-state index is 0.170. The van der Waals surface area contributed by atoms with Gasteiger partial charge in [-0.15, -0.1) is 0 Å². The third-order valence-electron chi connectivity index (χ3n) is 3.46. The Labute approximate surface area is 132 Å². The highest BCUT2D eigenvalue weighted by atomic mass is 16.3. The lowest BCUT2D eigenvalue weighted by molar-refractivity contribution is 0.0829. The van der Waals surface area contributed by atoms with Gasteiger partial charge in [0, 0.05) is 16.6 Å². The van der Waals surface area contributed by atoms with E-state index >= 15 is 0 Å². The Hall–Kier alpha value is -3.15. The van der Waals surface area contributed by atoms with Gasteiger partial charge in [-0.1, -0.05) is 24.3 Å². The highest BCUT2D eigenvalue weighted by molar-refractivity contribution is 6.00. The van der Waals surface area contributed by atoms with Crippen LogP contribution in [-0.2, 0) is 0 Å². The molecule has 3 aromatic rings. The molecule has 2 aromatic heterocycles. The number of fused-ring (bicyclic) bond motifs is 1. The number of hydrogen-bond donors (Lipinski definition) is 2. The van der Waals surface area contributed by atoms with Crippen molar-refractivity contribution in [2.45, 2.75) is 13.8 Å². The van der Waals surface area contributed by atoms with E-state index in [4.69, 9.17) is 4.42 Å². The number of furan rings is 1. The number of aromatic nitrogens is 1. The predicted molar refractivity (Wildman–Crippen MR) is 84.9 cm³/mol. The van der Waals surface area contributed by atoms with Crippen molar-refractivity contribution in [2.24, 2.45) is 0 Å². The number of aryl methyl sites for hydroxylation is 2. The normalized spacial score (nSPS) is 10.5. The van der Waals surface area contributed by atoms with Gasteiger partial charge in [-0.3, -0.25) is 20.4 Å². The van der Waals surface area contributed by atoms with Crippen molar-refractivity contribution < 1.29 is 14.0 Å². The smallest absolute Gasteiger partial charge is 0.305 e. The zero-order valence-electron chi connectivity index (χ0n) is 12.7. The number of carbonyl (C=O) groups is 2. The fourth-order valence-corrected chi connectivity index (χ4v) is 2.29. The molecule has 0 fully saturated rings. The Morgan fingerprint density at radius 3 is 2.43 bits per heavy atom. The first kappa shape index (κ1) is 14.8. The fourth-order valence-electron chi connectivity index (χ4n) is 2.29. The number of amides is 2. The molecule has 2 heterocycles. The number of para-hydroxylation sites is 1. The fraction of sp³-hybridized carbons (Fsp3) is 0.118. The molecule has 0 spiro atoms. The lowest BCUT2D eigenvalue weighted by Gasteiger charge is -2.06. The minimum atomic E-state index is -0.514. The SMILES string of the molecule is Cc1cccc(C(=O)NNC(=O)c2oc3ccccc3c2C)n1. The van der Waals surface area contributed by atoms with Crippen molar-refractivity contribution in [3.63, 3.8) is 0 Å². The Morgan fingerprint density at radius 1 is 0.957 bits per heavy atom. The number of hydrogen-bond acceptors (Lipinski definition) is 4. The number of benzene rings is 1. The monoisotopic (exact) mass is 309 g/mol. The van der Waals surface area contributed by atoms with Gasteiger partial charge in [-0.2, -0.15) is 0 Å². The zero-order valence-corrected chi connectivity index (χ0v) is 12.7. The summed E-state index contributed by atoms with van der Waals surface area (Å²) in [4.78, 5) is 28.3.